The van der Waals surface area contributed by atoms with Gasteiger partial charge < -0.3 is 14.8 Å². The van der Waals surface area contributed by atoms with Gasteiger partial charge in [0.2, 0.25) is 0 Å². The van der Waals surface area contributed by atoms with Crippen LogP contribution in [-0.4, -0.2) is 18.9 Å². The van der Waals surface area contributed by atoms with Crippen molar-refractivity contribution in [3.05, 3.63) is 168 Å². The zero-order chi connectivity index (χ0) is 39.7. The van der Waals surface area contributed by atoms with E-state index >= 15 is 0 Å². The molecule has 1 aliphatic carbocycles. The molecule has 0 saturated carbocycles. The summed E-state index contributed by atoms with van der Waals surface area (Å²) in [5.74, 6) is 0. The number of nitrogens with zero attached hydrogens (tertiary/aromatic N) is 2. The predicted molar refractivity (Wildman–Crippen MR) is 250 cm³/mol. The van der Waals surface area contributed by atoms with E-state index in [1.807, 2.05) is 0 Å². The van der Waals surface area contributed by atoms with Gasteiger partial charge in [-0.1, -0.05) is 136 Å². The van der Waals surface area contributed by atoms with E-state index in [0.29, 0.717) is 0 Å². The number of hydrogen-bond donors (Lipinski definition) is 1. The normalized spacial score (nSPS) is 16.1. The third-order valence-corrected chi connectivity index (χ3v) is 13.6. The standard InChI is InChI=1S/C54H47BN3/c1-32-21-23-35(24-22-32)56-44-20-14-13-19-38(44)49-36-17-11-12-18-37(36)50-40-28-41-42(54(5,6)26-25-53(41,3)4)30-47(40)58-48-31-46-39(29-43(48)55-51(49)52(50)58)33(2)27-45(57(46)7)34-15-9-8-10-16-34/h8-24,27-31,56H,2,25-26H2,1,3-7H3. The van der Waals surface area contributed by atoms with Crippen molar-refractivity contribution in [3.8, 4) is 16.8 Å². The number of anilines is 3. The van der Waals surface area contributed by atoms with Crippen molar-refractivity contribution in [2.24, 2.45) is 0 Å². The van der Waals surface area contributed by atoms with Gasteiger partial charge in [-0.05, 0) is 117 Å². The maximum absolute atomic E-state index is 4.65. The number of aryl methyl sites for hydroxylation is 1. The van der Waals surface area contributed by atoms with E-state index in [1.54, 1.807) is 0 Å². The van der Waals surface area contributed by atoms with Gasteiger partial charge in [-0.15, -0.1) is 0 Å². The summed E-state index contributed by atoms with van der Waals surface area (Å²) in [5.41, 5.74) is 20.9. The molecular weight excluding hydrogens is 701 g/mol. The molecule has 1 N–H and O–H groups in total. The van der Waals surface area contributed by atoms with Crippen LogP contribution in [0.4, 0.5) is 17.1 Å². The Balaban J connectivity index is 1.26. The van der Waals surface area contributed by atoms with Crippen molar-refractivity contribution in [2.45, 2.75) is 58.3 Å². The molecule has 281 valence electrons. The summed E-state index contributed by atoms with van der Waals surface area (Å²) < 4.78 is 2.62. The molecule has 1 aromatic heterocycles. The van der Waals surface area contributed by atoms with Crippen LogP contribution in [0, 0.1) is 6.92 Å². The van der Waals surface area contributed by atoms with Crippen molar-refractivity contribution >= 4 is 79.1 Å². The molecule has 3 aliphatic rings. The van der Waals surface area contributed by atoms with Crippen molar-refractivity contribution in [3.63, 3.8) is 0 Å². The third-order valence-electron chi connectivity index (χ3n) is 13.6. The fraction of sp³-hybridized carbons (Fsp3) is 0.185. The maximum atomic E-state index is 4.65. The Morgan fingerprint density at radius 3 is 2.10 bits per heavy atom. The highest BCUT2D eigenvalue weighted by atomic mass is 15.1. The highest BCUT2D eigenvalue weighted by Gasteiger charge is 2.39. The highest BCUT2D eigenvalue weighted by Crippen LogP contribution is 2.51. The van der Waals surface area contributed by atoms with Crippen LogP contribution in [0.2, 0.25) is 0 Å². The lowest BCUT2D eigenvalue weighted by atomic mass is 9.58. The quantitative estimate of drug-likeness (QED) is 0.181. The van der Waals surface area contributed by atoms with Crippen LogP contribution in [0.1, 0.15) is 68.4 Å². The molecule has 0 atom stereocenters. The van der Waals surface area contributed by atoms with Crippen molar-refractivity contribution in [2.75, 3.05) is 17.3 Å². The Bertz CT molecular complexity index is 3090. The van der Waals surface area contributed by atoms with Crippen LogP contribution < -0.4 is 21.1 Å². The van der Waals surface area contributed by atoms with Gasteiger partial charge in [-0.25, -0.2) is 0 Å². The first kappa shape index (κ1) is 35.0. The molecule has 11 rings (SSSR count). The van der Waals surface area contributed by atoms with E-state index in [2.05, 4.69) is 204 Å². The van der Waals surface area contributed by atoms with Crippen LogP contribution in [0.15, 0.2) is 140 Å². The number of nitrogens with one attached hydrogen (secondary N) is 1. The van der Waals surface area contributed by atoms with E-state index in [0.717, 1.165) is 28.2 Å². The average molecular weight is 749 g/mol. The first-order chi connectivity index (χ1) is 28.0. The fourth-order valence-electron chi connectivity index (χ4n) is 10.3. The third kappa shape index (κ3) is 5.07. The summed E-state index contributed by atoms with van der Waals surface area (Å²) in [4.78, 5) is 2.35. The number of fused-ring (bicyclic) bond motifs is 9. The molecule has 1 radical (unpaired) electrons. The minimum atomic E-state index is 0.0687. The zero-order valence-electron chi connectivity index (χ0n) is 34.3. The van der Waals surface area contributed by atoms with Crippen LogP contribution in [-0.2, 0) is 10.8 Å². The van der Waals surface area contributed by atoms with E-state index < -0.39 is 0 Å². The summed E-state index contributed by atoms with van der Waals surface area (Å²) in [6, 6.07) is 47.3. The Morgan fingerprint density at radius 1 is 0.672 bits per heavy atom. The number of benzene rings is 7. The van der Waals surface area contributed by atoms with Crippen molar-refractivity contribution < 1.29 is 0 Å². The summed E-state index contributed by atoms with van der Waals surface area (Å²) in [7, 11) is 4.67. The minimum absolute atomic E-state index is 0.0687. The van der Waals surface area contributed by atoms with Crippen molar-refractivity contribution in [1.82, 2.24) is 4.57 Å². The Labute approximate surface area is 342 Å². The molecule has 2 aliphatic heterocycles. The number of rotatable bonds is 4. The smallest absolute Gasteiger partial charge is 0.197 e. The van der Waals surface area contributed by atoms with Crippen LogP contribution in [0.3, 0.4) is 0 Å². The summed E-state index contributed by atoms with van der Waals surface area (Å²) in [6.45, 7) is 16.6. The topological polar surface area (TPSA) is 20.2 Å². The molecule has 4 heteroatoms. The first-order valence-corrected chi connectivity index (χ1v) is 20.7. The second kappa shape index (κ2) is 12.4. The molecule has 8 aromatic rings. The molecule has 0 bridgehead atoms. The molecule has 0 saturated heterocycles. The molecule has 0 spiro atoms. The second-order valence-electron chi connectivity index (χ2n) is 18.2. The van der Waals surface area contributed by atoms with E-state index in [4.69, 9.17) is 0 Å². The number of allylic oxidation sites excluding steroid dienone is 2. The van der Waals surface area contributed by atoms with Gasteiger partial charge >= 0.3 is 0 Å². The molecule has 7 aromatic carbocycles. The first-order valence-electron chi connectivity index (χ1n) is 20.7. The predicted octanol–water partition coefficient (Wildman–Crippen LogP) is 12.5. The molecule has 58 heavy (non-hydrogen) atoms. The maximum Gasteiger partial charge on any atom is 0.197 e. The Hall–Kier alpha value is -6.26. The molecule has 0 amide bonds. The fourth-order valence-corrected chi connectivity index (χ4v) is 10.3. The van der Waals surface area contributed by atoms with Crippen LogP contribution in [0.25, 0.3) is 60.7 Å². The van der Waals surface area contributed by atoms with Crippen LogP contribution in [0.5, 0.6) is 0 Å². The van der Waals surface area contributed by atoms with Crippen molar-refractivity contribution in [1.29, 1.82) is 0 Å². The monoisotopic (exact) mass is 748 g/mol. The van der Waals surface area contributed by atoms with Gasteiger partial charge in [0.05, 0.1) is 11.2 Å². The minimum Gasteiger partial charge on any atom is -0.355 e. The lowest BCUT2D eigenvalue weighted by molar-refractivity contribution is 0.332. The average Bonchev–Trinajstić information content (AvgIpc) is 3.57. The zero-order valence-corrected chi connectivity index (χ0v) is 34.3. The van der Waals surface area contributed by atoms with Crippen LogP contribution >= 0.6 is 0 Å². The van der Waals surface area contributed by atoms with Gasteiger partial charge in [0, 0.05) is 57.2 Å². The Kier molecular flexibility index (Phi) is 7.46. The van der Waals surface area contributed by atoms with Gasteiger partial charge in [0.15, 0.2) is 7.28 Å². The van der Waals surface area contributed by atoms with E-state index in [1.165, 1.54) is 101 Å². The van der Waals surface area contributed by atoms with Gasteiger partial charge in [0.1, 0.15) is 0 Å². The summed E-state index contributed by atoms with van der Waals surface area (Å²) in [5, 5.41) is 9.03. The highest BCUT2D eigenvalue weighted by molar-refractivity contribution is 6.74. The number of aromatic nitrogens is 1. The molecule has 0 fully saturated rings. The number of para-hydroxylation sites is 1. The summed E-state index contributed by atoms with van der Waals surface area (Å²) in [6.07, 6.45) is 4.58. The van der Waals surface area contributed by atoms with E-state index in [9.17, 15) is 0 Å². The summed E-state index contributed by atoms with van der Waals surface area (Å²) >= 11 is 0. The molecular formula is C54H47BN3. The SMILES string of the molecule is C=C1C=C(c2ccccc2)N(C)c2cc3c(cc21)[B]c1c(-c2ccccc2Nc2ccc(C)cc2)c2ccccc2c2c4cc5c(cc4n-3c12)C(C)(C)CCC5(C)C. The van der Waals surface area contributed by atoms with Gasteiger partial charge in [0.25, 0.3) is 0 Å². The number of hydrogen-bond acceptors (Lipinski definition) is 2. The van der Waals surface area contributed by atoms with E-state index in [-0.39, 0.29) is 10.8 Å². The second-order valence-corrected chi connectivity index (χ2v) is 18.2. The lowest BCUT2D eigenvalue weighted by Gasteiger charge is -2.42. The van der Waals surface area contributed by atoms with Gasteiger partial charge in [-0.2, -0.15) is 0 Å². The lowest BCUT2D eigenvalue weighted by Crippen LogP contribution is -2.38. The molecule has 3 nitrogen and oxygen atoms in total. The van der Waals surface area contributed by atoms with Gasteiger partial charge in [-0.3, -0.25) is 0 Å². The largest absolute Gasteiger partial charge is 0.355 e. The Morgan fingerprint density at radius 2 is 1.34 bits per heavy atom. The molecule has 3 heterocycles. The molecule has 0 unspecified atom stereocenters.